The normalized spacial score (nSPS) is 9.29. The van der Waals surface area contributed by atoms with Crippen molar-refractivity contribution >= 4 is 5.97 Å². The minimum atomic E-state index is -0.426. The predicted octanol–water partition coefficient (Wildman–Crippen LogP) is 3.15. The van der Waals surface area contributed by atoms with E-state index < -0.39 is 5.97 Å². The molecule has 5 nitrogen and oxygen atoms in total. The maximum absolute atomic E-state index is 10.9. The highest BCUT2D eigenvalue weighted by Gasteiger charge is 2.05. The third-order valence-corrected chi connectivity index (χ3v) is 2.47. The lowest BCUT2D eigenvalue weighted by molar-refractivity contribution is -0.131. The summed E-state index contributed by atoms with van der Waals surface area (Å²) >= 11 is 0. The van der Waals surface area contributed by atoms with E-state index in [-0.39, 0.29) is 0 Å². The van der Waals surface area contributed by atoms with Crippen LogP contribution in [-0.4, -0.2) is 5.97 Å². The number of rotatable bonds is 3. The Morgan fingerprint density at radius 2 is 1.57 bits per heavy atom. The second-order valence-corrected chi connectivity index (χ2v) is 4.14. The van der Waals surface area contributed by atoms with Gasteiger partial charge in [0.1, 0.15) is 17.2 Å². The lowest BCUT2D eigenvalue weighted by Crippen LogP contribution is -2.01. The largest absolute Gasteiger partial charge is 0.457 e. The summed E-state index contributed by atoms with van der Waals surface area (Å²) in [6, 6.07) is 15.0. The third kappa shape index (κ3) is 3.82. The lowest BCUT2D eigenvalue weighted by atomic mass is 10.1. The number of nitriles is 2. The van der Waals surface area contributed by atoms with Gasteiger partial charge in [-0.3, -0.25) is 4.79 Å². The van der Waals surface area contributed by atoms with Crippen molar-refractivity contribution in [2.75, 3.05) is 0 Å². The number of carbonyl (C=O) groups excluding carboxylic acids is 1. The van der Waals surface area contributed by atoms with Crippen molar-refractivity contribution < 1.29 is 14.3 Å². The molecule has 0 atom stereocenters. The van der Waals surface area contributed by atoms with Crippen molar-refractivity contribution in [1.29, 1.82) is 10.5 Å². The molecule has 0 aliphatic heterocycles. The van der Waals surface area contributed by atoms with Crippen molar-refractivity contribution in [3.8, 4) is 29.4 Å². The van der Waals surface area contributed by atoms with Gasteiger partial charge in [0.25, 0.3) is 0 Å². The molecule has 0 amide bonds. The van der Waals surface area contributed by atoms with E-state index >= 15 is 0 Å². The zero-order valence-corrected chi connectivity index (χ0v) is 11.2. The maximum atomic E-state index is 10.9. The summed E-state index contributed by atoms with van der Waals surface area (Å²) < 4.78 is 10.6. The van der Waals surface area contributed by atoms with Crippen molar-refractivity contribution in [3.63, 3.8) is 0 Å². The second kappa shape index (κ2) is 6.23. The predicted molar refractivity (Wildman–Crippen MR) is 73.7 cm³/mol. The first-order valence-electron chi connectivity index (χ1n) is 6.02. The molecule has 0 aromatic heterocycles. The molecule has 102 valence electrons. The van der Waals surface area contributed by atoms with E-state index in [9.17, 15) is 4.79 Å². The van der Waals surface area contributed by atoms with Gasteiger partial charge in [0, 0.05) is 13.0 Å². The highest BCUT2D eigenvalue weighted by atomic mass is 16.5. The maximum Gasteiger partial charge on any atom is 0.308 e. The summed E-state index contributed by atoms with van der Waals surface area (Å²) in [4.78, 5) is 10.9. The van der Waals surface area contributed by atoms with Crippen LogP contribution >= 0.6 is 0 Å². The number of ether oxygens (including phenoxy) is 2. The Morgan fingerprint density at radius 3 is 2.14 bits per heavy atom. The quantitative estimate of drug-likeness (QED) is 0.636. The van der Waals surface area contributed by atoms with Gasteiger partial charge in [-0.15, -0.1) is 0 Å². The third-order valence-electron chi connectivity index (χ3n) is 2.47. The van der Waals surface area contributed by atoms with Crippen LogP contribution in [0.5, 0.6) is 17.2 Å². The van der Waals surface area contributed by atoms with Crippen molar-refractivity contribution in [2.45, 2.75) is 6.92 Å². The van der Waals surface area contributed by atoms with Gasteiger partial charge < -0.3 is 9.47 Å². The van der Waals surface area contributed by atoms with Gasteiger partial charge in [0.15, 0.2) is 0 Å². The van der Waals surface area contributed by atoms with Crippen LogP contribution < -0.4 is 9.47 Å². The minimum absolute atomic E-state index is 0.334. The molecule has 0 bridgehead atoms. The Kier molecular flexibility index (Phi) is 4.18. The number of carbonyl (C=O) groups is 1. The van der Waals surface area contributed by atoms with Gasteiger partial charge >= 0.3 is 5.97 Å². The van der Waals surface area contributed by atoms with E-state index in [0.717, 1.165) is 0 Å². The molecule has 0 aliphatic rings. The van der Waals surface area contributed by atoms with E-state index in [0.29, 0.717) is 28.4 Å². The summed E-state index contributed by atoms with van der Waals surface area (Å²) in [6.45, 7) is 1.31. The van der Waals surface area contributed by atoms with Crippen LogP contribution in [0.15, 0.2) is 42.5 Å². The average Bonchev–Trinajstić information content (AvgIpc) is 2.46. The summed E-state index contributed by atoms with van der Waals surface area (Å²) in [5, 5.41) is 17.8. The molecule has 2 aromatic carbocycles. The van der Waals surface area contributed by atoms with Gasteiger partial charge in [-0.05, 0) is 30.3 Å². The first-order valence-corrected chi connectivity index (χ1v) is 6.02. The highest BCUT2D eigenvalue weighted by molar-refractivity contribution is 5.69. The SMILES string of the molecule is CC(=O)Oc1cccc(Oc2cc(C#N)cc(C#N)c2)c1. The van der Waals surface area contributed by atoms with Crippen LogP contribution in [0.4, 0.5) is 0 Å². The summed E-state index contributed by atoms with van der Waals surface area (Å²) in [5.74, 6) is 0.737. The van der Waals surface area contributed by atoms with Gasteiger partial charge in [-0.2, -0.15) is 10.5 Å². The van der Waals surface area contributed by atoms with Gasteiger partial charge in [0.2, 0.25) is 0 Å². The molecule has 0 spiro atoms. The molecule has 0 aliphatic carbocycles. The average molecular weight is 278 g/mol. The van der Waals surface area contributed by atoms with Crippen molar-refractivity contribution in [3.05, 3.63) is 53.6 Å². The number of benzene rings is 2. The Balaban J connectivity index is 2.28. The van der Waals surface area contributed by atoms with E-state index in [1.54, 1.807) is 24.3 Å². The molecule has 21 heavy (non-hydrogen) atoms. The molecule has 0 saturated carbocycles. The van der Waals surface area contributed by atoms with Crippen LogP contribution in [-0.2, 0) is 4.79 Å². The Bertz CT molecular complexity index is 738. The van der Waals surface area contributed by atoms with Crippen LogP contribution in [0.2, 0.25) is 0 Å². The zero-order chi connectivity index (χ0) is 15.2. The fourth-order valence-electron chi connectivity index (χ4n) is 1.69. The molecule has 2 rings (SSSR count). The number of esters is 1. The van der Waals surface area contributed by atoms with E-state index in [2.05, 4.69) is 0 Å². The summed E-state index contributed by atoms with van der Waals surface area (Å²) in [6.07, 6.45) is 0. The molecular weight excluding hydrogens is 268 g/mol. The Hall–Kier alpha value is -3.31. The lowest BCUT2D eigenvalue weighted by Gasteiger charge is -2.08. The molecular formula is C16H10N2O3. The standard InChI is InChI=1S/C16H10N2O3/c1-11(19)20-14-3-2-4-15(8-14)21-16-6-12(9-17)5-13(7-16)10-18/h2-8H,1H3. The van der Waals surface area contributed by atoms with Crippen molar-refractivity contribution in [2.24, 2.45) is 0 Å². The molecule has 0 fully saturated rings. The first kappa shape index (κ1) is 14.1. The van der Waals surface area contributed by atoms with Crippen LogP contribution in [0, 0.1) is 22.7 Å². The van der Waals surface area contributed by atoms with E-state index in [1.807, 2.05) is 12.1 Å². The highest BCUT2D eigenvalue weighted by Crippen LogP contribution is 2.26. The molecule has 0 heterocycles. The zero-order valence-electron chi connectivity index (χ0n) is 11.2. The van der Waals surface area contributed by atoms with Crippen LogP contribution in [0.3, 0.4) is 0 Å². The molecule has 0 radical (unpaired) electrons. The second-order valence-electron chi connectivity index (χ2n) is 4.14. The van der Waals surface area contributed by atoms with Crippen molar-refractivity contribution in [1.82, 2.24) is 0 Å². The molecule has 2 aromatic rings. The van der Waals surface area contributed by atoms with Gasteiger partial charge in [0.05, 0.1) is 23.3 Å². The fraction of sp³-hybridized carbons (Fsp3) is 0.0625. The number of hydrogen-bond acceptors (Lipinski definition) is 5. The molecule has 0 saturated heterocycles. The number of hydrogen-bond donors (Lipinski definition) is 0. The smallest absolute Gasteiger partial charge is 0.308 e. The Morgan fingerprint density at radius 1 is 0.952 bits per heavy atom. The summed E-state index contributed by atoms with van der Waals surface area (Å²) in [5.41, 5.74) is 0.667. The minimum Gasteiger partial charge on any atom is -0.457 e. The molecule has 0 N–H and O–H groups in total. The summed E-state index contributed by atoms with van der Waals surface area (Å²) in [7, 11) is 0. The topological polar surface area (TPSA) is 83.1 Å². The van der Waals surface area contributed by atoms with Gasteiger partial charge in [-0.1, -0.05) is 6.07 Å². The molecule has 5 heteroatoms. The van der Waals surface area contributed by atoms with E-state index in [1.165, 1.54) is 25.1 Å². The first-order chi connectivity index (χ1) is 10.1. The monoisotopic (exact) mass is 278 g/mol. The van der Waals surface area contributed by atoms with Crippen LogP contribution in [0.1, 0.15) is 18.1 Å². The van der Waals surface area contributed by atoms with Crippen LogP contribution in [0.25, 0.3) is 0 Å². The molecule has 0 unspecified atom stereocenters. The fourth-order valence-corrected chi connectivity index (χ4v) is 1.69. The van der Waals surface area contributed by atoms with E-state index in [4.69, 9.17) is 20.0 Å². The van der Waals surface area contributed by atoms with Gasteiger partial charge in [-0.25, -0.2) is 0 Å². The Labute approximate surface area is 121 Å². The number of nitrogens with zero attached hydrogens (tertiary/aromatic N) is 2.